The minimum absolute atomic E-state index is 0. The van der Waals surface area contributed by atoms with Gasteiger partial charge in [-0.3, -0.25) is 9.89 Å². The number of anilines is 4. The van der Waals surface area contributed by atoms with E-state index < -0.39 is 0 Å². The number of nitrogens with zero attached hydrogens (tertiary/aromatic N) is 5. The molecule has 5 rings (SSSR count). The maximum Gasteiger partial charge on any atom is 0.247 e. The highest BCUT2D eigenvalue weighted by atomic mass is 16.1. The van der Waals surface area contributed by atoms with Crippen LogP contribution in [0.1, 0.15) is 4.28 Å². The third-order valence-electron chi connectivity index (χ3n) is 5.87. The molecule has 0 radical (unpaired) electrons. The molecule has 1 aliphatic rings. The van der Waals surface area contributed by atoms with Gasteiger partial charge in [0.25, 0.3) is 0 Å². The molecule has 0 atom stereocenters. The molecule has 2 aromatic carbocycles. The lowest BCUT2D eigenvalue weighted by atomic mass is 10.1. The molecule has 9 nitrogen and oxygen atoms in total. The molecule has 178 valence electrons. The van der Waals surface area contributed by atoms with Gasteiger partial charge < -0.3 is 20.4 Å². The molecule has 0 bridgehead atoms. The summed E-state index contributed by atoms with van der Waals surface area (Å²) in [4.78, 5) is 25.9. The SMILES string of the molecule is C=CC(=O)Nc1cccc(-c2nc(Nc3cccc(N4CCN(C)CC4)c3)nc3[nH]ncc23)c1.[HH].[HH].[HH]. The average Bonchev–Trinajstić information content (AvgIpc) is 3.33. The summed E-state index contributed by atoms with van der Waals surface area (Å²) < 4.78 is 0. The van der Waals surface area contributed by atoms with E-state index in [-0.39, 0.29) is 10.2 Å². The number of aromatic nitrogens is 4. The van der Waals surface area contributed by atoms with E-state index >= 15 is 0 Å². The van der Waals surface area contributed by atoms with Crippen molar-refractivity contribution in [3.05, 3.63) is 67.4 Å². The summed E-state index contributed by atoms with van der Waals surface area (Å²) in [6.45, 7) is 7.60. The van der Waals surface area contributed by atoms with Crippen LogP contribution in [-0.4, -0.2) is 64.2 Å². The summed E-state index contributed by atoms with van der Waals surface area (Å²) in [5.74, 6) is 0.193. The van der Waals surface area contributed by atoms with Gasteiger partial charge in [-0.15, -0.1) is 0 Å². The first-order valence-corrected chi connectivity index (χ1v) is 11.1. The lowest BCUT2D eigenvalue weighted by molar-refractivity contribution is -0.111. The molecule has 34 heavy (non-hydrogen) atoms. The van der Waals surface area contributed by atoms with Gasteiger partial charge in [-0.2, -0.15) is 10.1 Å². The van der Waals surface area contributed by atoms with Gasteiger partial charge in [0, 0.05) is 53.1 Å². The maximum atomic E-state index is 11.7. The van der Waals surface area contributed by atoms with Crippen molar-refractivity contribution < 1.29 is 9.07 Å². The maximum absolute atomic E-state index is 11.7. The van der Waals surface area contributed by atoms with Crippen molar-refractivity contribution in [3.63, 3.8) is 0 Å². The number of H-pyrrole nitrogens is 1. The molecule has 2 aromatic heterocycles. The van der Waals surface area contributed by atoms with Crippen LogP contribution in [0.3, 0.4) is 0 Å². The summed E-state index contributed by atoms with van der Waals surface area (Å²) in [7, 11) is 2.15. The summed E-state index contributed by atoms with van der Waals surface area (Å²) in [6, 6.07) is 15.8. The molecule has 1 fully saturated rings. The smallest absolute Gasteiger partial charge is 0.247 e. The highest BCUT2D eigenvalue weighted by Gasteiger charge is 2.16. The first kappa shape index (κ1) is 21.6. The number of piperazine rings is 1. The van der Waals surface area contributed by atoms with Gasteiger partial charge in [-0.05, 0) is 43.5 Å². The van der Waals surface area contributed by atoms with Crippen LogP contribution >= 0.6 is 0 Å². The molecule has 0 unspecified atom stereocenters. The molecule has 1 amide bonds. The Labute approximate surface area is 202 Å². The Hall–Kier alpha value is -4.24. The monoisotopic (exact) mass is 460 g/mol. The van der Waals surface area contributed by atoms with Crippen LogP contribution in [0, 0.1) is 0 Å². The fraction of sp³-hybridized carbons (Fsp3) is 0.200. The Balaban J connectivity index is 0.00000160. The Morgan fingerprint density at radius 3 is 2.71 bits per heavy atom. The average molecular weight is 461 g/mol. The van der Waals surface area contributed by atoms with E-state index in [2.05, 4.69) is 61.4 Å². The van der Waals surface area contributed by atoms with Gasteiger partial charge in [-0.25, -0.2) is 4.98 Å². The zero-order chi connectivity index (χ0) is 23.5. The number of aromatic amines is 1. The lowest BCUT2D eigenvalue weighted by Crippen LogP contribution is -2.44. The van der Waals surface area contributed by atoms with Crippen molar-refractivity contribution in [2.24, 2.45) is 0 Å². The quantitative estimate of drug-likeness (QED) is 0.367. The second-order valence-corrected chi connectivity index (χ2v) is 8.27. The van der Waals surface area contributed by atoms with Gasteiger partial charge in [-0.1, -0.05) is 24.8 Å². The number of nitrogens with one attached hydrogen (secondary N) is 3. The van der Waals surface area contributed by atoms with Crippen LogP contribution < -0.4 is 15.5 Å². The van der Waals surface area contributed by atoms with Gasteiger partial charge >= 0.3 is 0 Å². The van der Waals surface area contributed by atoms with Crippen LogP contribution in [0.4, 0.5) is 23.0 Å². The molecular formula is C25H32N8O. The van der Waals surface area contributed by atoms with Crippen molar-refractivity contribution >= 4 is 40.0 Å². The molecule has 9 heteroatoms. The number of amides is 1. The van der Waals surface area contributed by atoms with Crippen LogP contribution in [0.2, 0.25) is 0 Å². The summed E-state index contributed by atoms with van der Waals surface area (Å²) in [5, 5.41) is 14.0. The number of rotatable bonds is 6. The standard InChI is InChI=1S/C25H26N8O.3H2/c1-3-22(34)27-18-7-4-6-17(14-18)23-21-16-26-31-24(21)30-25(29-23)28-19-8-5-9-20(15-19)33-12-10-32(2)11-13-33;;;/h3-9,14-16H,1,10-13H2,2H3,(H,27,34)(H2,26,28,29,30,31);3*1H. The normalized spacial score (nSPS) is 14.2. The Morgan fingerprint density at radius 1 is 1.09 bits per heavy atom. The van der Waals surface area contributed by atoms with Crippen molar-refractivity contribution in [2.45, 2.75) is 0 Å². The molecule has 0 aliphatic carbocycles. The van der Waals surface area contributed by atoms with Gasteiger partial charge in [0.15, 0.2) is 5.65 Å². The zero-order valence-electron chi connectivity index (χ0n) is 19.0. The predicted octanol–water partition coefficient (Wildman–Crippen LogP) is 4.38. The Bertz CT molecular complexity index is 1350. The molecule has 0 spiro atoms. The fourth-order valence-corrected chi connectivity index (χ4v) is 4.02. The first-order chi connectivity index (χ1) is 16.6. The highest BCUT2D eigenvalue weighted by Crippen LogP contribution is 2.29. The van der Waals surface area contributed by atoms with Crippen LogP contribution in [0.25, 0.3) is 22.3 Å². The number of benzene rings is 2. The van der Waals surface area contributed by atoms with Crippen molar-refractivity contribution in [2.75, 3.05) is 48.8 Å². The molecule has 1 saturated heterocycles. The van der Waals surface area contributed by atoms with Crippen molar-refractivity contribution in [1.82, 2.24) is 25.1 Å². The summed E-state index contributed by atoms with van der Waals surface area (Å²) in [5.41, 5.74) is 4.92. The van der Waals surface area contributed by atoms with E-state index in [9.17, 15) is 4.79 Å². The molecule has 1 aliphatic heterocycles. The molecule has 3 heterocycles. The number of likely N-dealkylation sites (N-methyl/N-ethyl adjacent to an activating group) is 1. The molecule has 3 N–H and O–H groups in total. The first-order valence-electron chi connectivity index (χ1n) is 11.1. The second-order valence-electron chi connectivity index (χ2n) is 8.27. The predicted molar refractivity (Wildman–Crippen MR) is 142 cm³/mol. The number of hydrogen-bond donors (Lipinski definition) is 3. The third-order valence-corrected chi connectivity index (χ3v) is 5.87. The largest absolute Gasteiger partial charge is 0.369 e. The van der Waals surface area contributed by atoms with E-state index in [0.29, 0.717) is 23.0 Å². The van der Waals surface area contributed by atoms with Gasteiger partial charge in [0.05, 0.1) is 17.3 Å². The Kier molecular flexibility index (Phi) is 5.92. The summed E-state index contributed by atoms with van der Waals surface area (Å²) >= 11 is 0. The second kappa shape index (κ2) is 9.32. The topological polar surface area (TPSA) is 102 Å². The number of hydrogen-bond acceptors (Lipinski definition) is 7. The zero-order valence-corrected chi connectivity index (χ0v) is 19.0. The van der Waals surface area contributed by atoms with Crippen molar-refractivity contribution in [1.29, 1.82) is 0 Å². The van der Waals surface area contributed by atoms with Crippen LogP contribution in [0.5, 0.6) is 0 Å². The minimum atomic E-state index is -0.268. The van der Waals surface area contributed by atoms with E-state index in [0.717, 1.165) is 42.8 Å². The molecule has 4 aromatic rings. The Morgan fingerprint density at radius 2 is 1.88 bits per heavy atom. The van der Waals surface area contributed by atoms with Crippen LogP contribution in [0.15, 0.2) is 67.4 Å². The number of carbonyl (C=O) groups is 1. The van der Waals surface area contributed by atoms with E-state index in [1.165, 1.54) is 11.8 Å². The van der Waals surface area contributed by atoms with Crippen LogP contribution in [-0.2, 0) is 4.79 Å². The van der Waals surface area contributed by atoms with Gasteiger partial charge in [0.2, 0.25) is 11.9 Å². The molecule has 0 saturated carbocycles. The third kappa shape index (κ3) is 4.60. The lowest BCUT2D eigenvalue weighted by Gasteiger charge is -2.34. The van der Waals surface area contributed by atoms with E-state index in [1.54, 1.807) is 6.20 Å². The minimum Gasteiger partial charge on any atom is -0.369 e. The number of fused-ring (bicyclic) bond motifs is 1. The van der Waals surface area contributed by atoms with E-state index in [1.807, 2.05) is 36.4 Å². The van der Waals surface area contributed by atoms with Gasteiger partial charge in [0.1, 0.15) is 0 Å². The number of carbonyl (C=O) groups excluding carboxylic acids is 1. The van der Waals surface area contributed by atoms with E-state index in [4.69, 9.17) is 4.98 Å². The fourth-order valence-electron chi connectivity index (χ4n) is 4.02. The highest BCUT2D eigenvalue weighted by molar-refractivity contribution is 5.99. The molecular weight excluding hydrogens is 428 g/mol. The van der Waals surface area contributed by atoms with Crippen molar-refractivity contribution in [3.8, 4) is 11.3 Å². The summed E-state index contributed by atoms with van der Waals surface area (Å²) in [6.07, 6.45) is 2.95.